The lowest BCUT2D eigenvalue weighted by Crippen LogP contribution is -2.60. The van der Waals surface area contributed by atoms with Crippen LogP contribution in [0.15, 0.2) is 30.3 Å². The van der Waals surface area contributed by atoms with Gasteiger partial charge < -0.3 is 25.2 Å². The zero-order valence-corrected chi connectivity index (χ0v) is 11.7. The van der Waals surface area contributed by atoms with Gasteiger partial charge in [-0.05, 0) is 0 Å². The molecule has 1 aromatic carbocycles. The summed E-state index contributed by atoms with van der Waals surface area (Å²) in [7, 11) is 0. The van der Waals surface area contributed by atoms with Crippen LogP contribution in [-0.4, -0.2) is 70.1 Å². The Morgan fingerprint density at radius 1 is 1.14 bits per heavy atom. The van der Waals surface area contributed by atoms with Gasteiger partial charge in [0.15, 0.2) is 5.78 Å². The first-order valence-corrected chi connectivity index (χ1v) is 6.82. The number of benzene rings is 1. The first-order valence-electron chi connectivity index (χ1n) is 6.82. The number of carbonyl (C=O) groups excluding carboxylic acids is 1. The van der Waals surface area contributed by atoms with Crippen LogP contribution in [0, 0.1) is 0 Å². The molecule has 8 heteroatoms. The van der Waals surface area contributed by atoms with Crippen LogP contribution < -0.4 is 5.48 Å². The minimum Gasteiger partial charge on any atom is -0.394 e. The van der Waals surface area contributed by atoms with Crippen molar-refractivity contribution >= 4 is 5.78 Å². The van der Waals surface area contributed by atoms with Crippen LogP contribution in [0.1, 0.15) is 10.4 Å². The van der Waals surface area contributed by atoms with Crippen molar-refractivity contribution in [3.8, 4) is 0 Å². The summed E-state index contributed by atoms with van der Waals surface area (Å²) < 4.78 is 5.11. The molecule has 0 radical (unpaired) electrons. The molecular weight excluding hydrogens is 294 g/mol. The fourth-order valence-corrected chi connectivity index (χ4v) is 2.08. The summed E-state index contributed by atoms with van der Waals surface area (Å²) in [5.74, 6) is -0.231. The molecule has 0 bridgehead atoms. The summed E-state index contributed by atoms with van der Waals surface area (Å²) >= 11 is 0. The number of hydrogen-bond acceptors (Lipinski definition) is 8. The van der Waals surface area contributed by atoms with Crippen LogP contribution in [0.4, 0.5) is 0 Å². The van der Waals surface area contributed by atoms with E-state index in [0.29, 0.717) is 5.56 Å². The highest BCUT2D eigenvalue weighted by molar-refractivity contribution is 5.97. The highest BCUT2D eigenvalue weighted by atomic mass is 16.8. The van der Waals surface area contributed by atoms with Gasteiger partial charge in [0.2, 0.25) is 6.29 Å². The van der Waals surface area contributed by atoms with Gasteiger partial charge in [-0.25, -0.2) is 0 Å². The molecule has 122 valence electrons. The summed E-state index contributed by atoms with van der Waals surface area (Å²) in [6, 6.07) is 8.54. The van der Waals surface area contributed by atoms with Crippen molar-refractivity contribution in [3.63, 3.8) is 0 Å². The van der Waals surface area contributed by atoms with Crippen molar-refractivity contribution in [2.24, 2.45) is 0 Å². The molecular formula is C14H19NO7. The second kappa shape index (κ2) is 7.75. The van der Waals surface area contributed by atoms with Gasteiger partial charge in [-0.1, -0.05) is 30.3 Å². The number of hydroxylamine groups is 1. The van der Waals surface area contributed by atoms with Crippen LogP contribution in [0.2, 0.25) is 0 Å². The second-order valence-corrected chi connectivity index (χ2v) is 4.93. The first kappa shape index (κ1) is 17.0. The maximum atomic E-state index is 11.8. The van der Waals surface area contributed by atoms with Crippen LogP contribution in [-0.2, 0) is 9.57 Å². The lowest BCUT2D eigenvalue weighted by Gasteiger charge is -2.39. The summed E-state index contributed by atoms with van der Waals surface area (Å²) in [4.78, 5) is 16.8. The highest BCUT2D eigenvalue weighted by Gasteiger charge is 2.44. The molecule has 8 nitrogen and oxygen atoms in total. The van der Waals surface area contributed by atoms with Crippen molar-refractivity contribution in [1.29, 1.82) is 0 Å². The molecule has 22 heavy (non-hydrogen) atoms. The molecule has 0 spiro atoms. The molecule has 0 saturated carbocycles. The topological polar surface area (TPSA) is 128 Å². The Morgan fingerprint density at radius 2 is 1.82 bits per heavy atom. The predicted molar refractivity (Wildman–Crippen MR) is 73.6 cm³/mol. The Labute approximate surface area is 126 Å². The monoisotopic (exact) mass is 313 g/mol. The van der Waals surface area contributed by atoms with Crippen LogP contribution >= 0.6 is 0 Å². The third-order valence-electron chi connectivity index (χ3n) is 3.38. The summed E-state index contributed by atoms with van der Waals surface area (Å²) in [5, 5.41) is 38.0. The van der Waals surface area contributed by atoms with Crippen molar-refractivity contribution in [2.45, 2.75) is 30.7 Å². The van der Waals surface area contributed by atoms with E-state index in [1.807, 2.05) is 0 Å². The SMILES string of the molecule is O=C(CNOC1O[C@H](CO)[C@@H](O)[C@H](O)[C@H]1O)c1ccccc1. The smallest absolute Gasteiger partial charge is 0.206 e. The second-order valence-electron chi connectivity index (χ2n) is 4.93. The van der Waals surface area contributed by atoms with E-state index in [1.165, 1.54) is 0 Å². The maximum Gasteiger partial charge on any atom is 0.206 e. The maximum absolute atomic E-state index is 11.8. The molecule has 1 aliphatic heterocycles. The van der Waals surface area contributed by atoms with Crippen LogP contribution in [0.3, 0.4) is 0 Å². The van der Waals surface area contributed by atoms with Crippen molar-refractivity contribution < 1.29 is 34.8 Å². The number of carbonyl (C=O) groups is 1. The predicted octanol–water partition coefficient (Wildman–Crippen LogP) is -1.81. The van der Waals surface area contributed by atoms with E-state index in [9.17, 15) is 20.1 Å². The molecule has 0 amide bonds. The fraction of sp³-hybridized carbons (Fsp3) is 0.500. The Morgan fingerprint density at radius 3 is 2.45 bits per heavy atom. The van der Waals surface area contributed by atoms with E-state index >= 15 is 0 Å². The van der Waals surface area contributed by atoms with Crippen LogP contribution in [0.5, 0.6) is 0 Å². The lowest BCUT2D eigenvalue weighted by atomic mass is 9.99. The van der Waals surface area contributed by atoms with Gasteiger partial charge in [-0.2, -0.15) is 5.48 Å². The first-order chi connectivity index (χ1) is 10.5. The van der Waals surface area contributed by atoms with E-state index < -0.39 is 37.3 Å². The van der Waals surface area contributed by atoms with Crippen molar-refractivity contribution in [2.75, 3.05) is 13.2 Å². The van der Waals surface area contributed by atoms with Gasteiger partial charge in [0.05, 0.1) is 13.2 Å². The minimum atomic E-state index is -1.53. The summed E-state index contributed by atoms with van der Waals surface area (Å²) in [6.45, 7) is -0.715. The minimum absolute atomic E-state index is 0.168. The molecule has 0 aromatic heterocycles. The summed E-state index contributed by atoms with van der Waals surface area (Å²) in [6.07, 6.45) is -6.88. The van der Waals surface area contributed by atoms with E-state index in [4.69, 9.17) is 14.7 Å². The zero-order valence-electron chi connectivity index (χ0n) is 11.7. The highest BCUT2D eigenvalue weighted by Crippen LogP contribution is 2.21. The van der Waals surface area contributed by atoms with E-state index in [0.717, 1.165) is 0 Å². The Bertz CT molecular complexity index is 481. The molecule has 1 aliphatic rings. The van der Waals surface area contributed by atoms with Gasteiger partial charge in [0.25, 0.3) is 0 Å². The molecule has 5 N–H and O–H groups in total. The average Bonchev–Trinajstić information content (AvgIpc) is 2.55. The molecule has 1 fully saturated rings. The number of Topliss-reactive ketones (excluding diaryl/α,β-unsaturated/α-hetero) is 1. The molecule has 1 aromatic rings. The summed E-state index contributed by atoms with van der Waals surface area (Å²) in [5.41, 5.74) is 2.85. The van der Waals surface area contributed by atoms with Gasteiger partial charge in [0, 0.05) is 5.56 Å². The van der Waals surface area contributed by atoms with Crippen molar-refractivity contribution in [3.05, 3.63) is 35.9 Å². The normalized spacial score (nSPS) is 31.9. The fourth-order valence-electron chi connectivity index (χ4n) is 2.08. The molecule has 2 rings (SSSR count). The van der Waals surface area contributed by atoms with Gasteiger partial charge in [0.1, 0.15) is 24.4 Å². The lowest BCUT2D eigenvalue weighted by molar-refractivity contribution is -0.315. The number of ether oxygens (including phenoxy) is 1. The Kier molecular flexibility index (Phi) is 5.98. The zero-order chi connectivity index (χ0) is 16.1. The Hall–Kier alpha value is -1.39. The van der Waals surface area contributed by atoms with Crippen LogP contribution in [0.25, 0.3) is 0 Å². The molecule has 5 atom stereocenters. The number of aliphatic hydroxyl groups is 4. The van der Waals surface area contributed by atoms with E-state index in [-0.39, 0.29) is 12.3 Å². The van der Waals surface area contributed by atoms with Crippen molar-refractivity contribution in [1.82, 2.24) is 5.48 Å². The largest absolute Gasteiger partial charge is 0.394 e. The third-order valence-corrected chi connectivity index (χ3v) is 3.38. The average molecular weight is 313 g/mol. The third kappa shape index (κ3) is 3.87. The van der Waals surface area contributed by atoms with E-state index in [2.05, 4.69) is 5.48 Å². The number of rotatable bonds is 6. The molecule has 1 saturated heterocycles. The van der Waals surface area contributed by atoms with Gasteiger partial charge in [-0.15, -0.1) is 0 Å². The number of hydrogen-bond donors (Lipinski definition) is 5. The number of aliphatic hydroxyl groups excluding tert-OH is 4. The van der Waals surface area contributed by atoms with Gasteiger partial charge >= 0.3 is 0 Å². The van der Waals surface area contributed by atoms with E-state index in [1.54, 1.807) is 30.3 Å². The molecule has 0 aliphatic carbocycles. The molecule has 1 heterocycles. The number of ketones is 1. The standard InChI is InChI=1S/C14H19NO7/c16-7-10-11(18)12(19)13(20)14(21-10)22-15-6-9(17)8-4-2-1-3-5-8/h1-5,10-16,18-20H,6-7H2/t10-,11-,12+,13-,14?/m1/s1. The molecule has 1 unspecified atom stereocenters. The Balaban J connectivity index is 1.84. The number of nitrogens with one attached hydrogen (secondary N) is 1. The quantitative estimate of drug-likeness (QED) is 0.307. The van der Waals surface area contributed by atoms with Gasteiger partial charge in [-0.3, -0.25) is 9.63 Å².